The first-order valence-corrected chi connectivity index (χ1v) is 12.3. The zero-order valence-corrected chi connectivity index (χ0v) is 19.6. The van der Waals surface area contributed by atoms with E-state index in [1.165, 1.54) is 28.4 Å². The quantitative estimate of drug-likeness (QED) is 0.326. The number of carboxylic acid groups (broad SMARTS) is 2. The van der Waals surface area contributed by atoms with Crippen LogP contribution in [-0.4, -0.2) is 76.6 Å². The maximum Gasteiger partial charge on any atom is 0.352 e. The summed E-state index contributed by atoms with van der Waals surface area (Å²) >= 11 is 2.61. The molecule has 34 heavy (non-hydrogen) atoms. The number of benzene rings is 1. The summed E-state index contributed by atoms with van der Waals surface area (Å²) in [7, 11) is 1.64. The van der Waals surface area contributed by atoms with Gasteiger partial charge in [0.25, 0.3) is 5.91 Å². The van der Waals surface area contributed by atoms with Crippen molar-refractivity contribution in [2.24, 2.45) is 7.05 Å². The van der Waals surface area contributed by atoms with Crippen LogP contribution in [0.3, 0.4) is 0 Å². The molecular formula is C21H21N5O6S2. The number of fused-ring (bicyclic) bond motifs is 1. The van der Waals surface area contributed by atoms with E-state index in [4.69, 9.17) is 5.11 Å². The minimum Gasteiger partial charge on any atom is -0.481 e. The first kappa shape index (κ1) is 23.8. The molecule has 4 rings (SSSR count). The van der Waals surface area contributed by atoms with E-state index in [9.17, 15) is 24.3 Å². The number of hydrogen-bond acceptors (Lipinski definition) is 8. The highest BCUT2D eigenvalue weighted by Gasteiger charge is 2.54. The van der Waals surface area contributed by atoms with Gasteiger partial charge in [-0.15, -0.1) is 22.0 Å². The molecule has 3 N–H and O–H groups in total. The summed E-state index contributed by atoms with van der Waals surface area (Å²) in [5.41, 5.74) is 1.28. The van der Waals surface area contributed by atoms with Crippen molar-refractivity contribution in [1.82, 2.24) is 25.0 Å². The van der Waals surface area contributed by atoms with E-state index in [2.05, 4.69) is 15.5 Å². The Morgan fingerprint density at radius 3 is 2.59 bits per heavy atom. The van der Waals surface area contributed by atoms with E-state index >= 15 is 0 Å². The van der Waals surface area contributed by atoms with Crippen LogP contribution in [-0.2, 0) is 39.1 Å². The van der Waals surface area contributed by atoms with Gasteiger partial charge >= 0.3 is 11.9 Å². The Morgan fingerprint density at radius 1 is 1.18 bits per heavy atom. The smallest absolute Gasteiger partial charge is 0.352 e. The van der Waals surface area contributed by atoms with Crippen LogP contribution in [0.4, 0.5) is 0 Å². The van der Waals surface area contributed by atoms with Crippen LogP contribution in [0, 0.1) is 0 Å². The number of aliphatic carboxylic acids is 2. The molecule has 13 heteroatoms. The van der Waals surface area contributed by atoms with Gasteiger partial charge in [0.15, 0.2) is 5.16 Å². The molecule has 2 amide bonds. The molecule has 0 saturated carbocycles. The summed E-state index contributed by atoms with van der Waals surface area (Å²) in [6, 6.07) is 8.37. The van der Waals surface area contributed by atoms with Gasteiger partial charge in [-0.05, 0) is 11.1 Å². The largest absolute Gasteiger partial charge is 0.481 e. The summed E-state index contributed by atoms with van der Waals surface area (Å²) in [6.45, 7) is 0. The Morgan fingerprint density at radius 2 is 1.91 bits per heavy atom. The molecule has 3 heterocycles. The van der Waals surface area contributed by atoms with Gasteiger partial charge in [-0.25, -0.2) is 4.79 Å². The number of carbonyl (C=O) groups excluding carboxylic acids is 2. The molecule has 0 bridgehead atoms. The number of β-lactam (4-membered cyclic amide) rings is 1. The fourth-order valence-corrected chi connectivity index (χ4v) is 6.13. The van der Waals surface area contributed by atoms with Crippen molar-refractivity contribution in [3.8, 4) is 0 Å². The number of carbonyl (C=O) groups is 4. The Hall–Kier alpha value is -3.32. The molecule has 0 spiro atoms. The third-order valence-corrected chi connectivity index (χ3v) is 7.83. The molecule has 2 aliphatic heterocycles. The molecule has 1 unspecified atom stereocenters. The number of aromatic nitrogens is 3. The van der Waals surface area contributed by atoms with Crippen LogP contribution >= 0.6 is 23.5 Å². The molecule has 11 nitrogen and oxygen atoms in total. The van der Waals surface area contributed by atoms with Gasteiger partial charge in [-0.2, -0.15) is 0 Å². The lowest BCUT2D eigenvalue weighted by Crippen LogP contribution is -2.70. The minimum absolute atomic E-state index is 0.0808. The van der Waals surface area contributed by atoms with Crippen LogP contribution in [0.25, 0.3) is 0 Å². The summed E-state index contributed by atoms with van der Waals surface area (Å²) in [5, 5.41) is 29.3. The second-order valence-electron chi connectivity index (χ2n) is 7.69. The number of hydrogen-bond donors (Lipinski definition) is 3. The minimum atomic E-state index is -1.21. The lowest BCUT2D eigenvalue weighted by molar-refractivity contribution is -0.150. The molecule has 2 aromatic rings. The van der Waals surface area contributed by atoms with E-state index < -0.39 is 29.3 Å². The predicted octanol–water partition coefficient (Wildman–Crippen LogP) is 0.516. The van der Waals surface area contributed by atoms with E-state index in [1.807, 2.05) is 30.3 Å². The highest BCUT2D eigenvalue weighted by molar-refractivity contribution is 8.01. The van der Waals surface area contributed by atoms with Crippen LogP contribution < -0.4 is 5.32 Å². The first-order valence-electron chi connectivity index (χ1n) is 10.2. The maximum absolute atomic E-state index is 12.8. The number of nitrogens with zero attached hydrogens (tertiary/aromatic N) is 4. The highest BCUT2D eigenvalue weighted by atomic mass is 32.2. The molecule has 2 aliphatic rings. The van der Waals surface area contributed by atoms with Crippen molar-refractivity contribution in [2.45, 2.75) is 29.4 Å². The van der Waals surface area contributed by atoms with E-state index in [1.54, 1.807) is 11.6 Å². The van der Waals surface area contributed by atoms with Gasteiger partial charge in [-0.3, -0.25) is 19.3 Å². The number of rotatable bonds is 9. The Labute approximate surface area is 202 Å². The maximum atomic E-state index is 12.8. The Kier molecular flexibility index (Phi) is 6.93. The van der Waals surface area contributed by atoms with Gasteiger partial charge in [0.2, 0.25) is 5.91 Å². The monoisotopic (exact) mass is 503 g/mol. The van der Waals surface area contributed by atoms with Gasteiger partial charge in [0.05, 0.1) is 6.42 Å². The van der Waals surface area contributed by atoms with Crippen molar-refractivity contribution in [2.75, 3.05) is 11.5 Å². The van der Waals surface area contributed by atoms with Crippen molar-refractivity contribution in [3.05, 3.63) is 53.0 Å². The second-order valence-corrected chi connectivity index (χ2v) is 9.74. The zero-order chi connectivity index (χ0) is 24.4. The van der Waals surface area contributed by atoms with Crippen LogP contribution in [0.2, 0.25) is 0 Å². The topological polar surface area (TPSA) is 155 Å². The lowest BCUT2D eigenvalue weighted by Gasteiger charge is -2.49. The Balaban J connectivity index is 1.43. The fourth-order valence-electron chi connectivity index (χ4n) is 3.71. The van der Waals surface area contributed by atoms with Crippen molar-refractivity contribution < 1.29 is 29.4 Å². The first-order chi connectivity index (χ1) is 16.3. The third-order valence-electron chi connectivity index (χ3n) is 5.38. The summed E-state index contributed by atoms with van der Waals surface area (Å²) < 4.78 is 1.55. The van der Waals surface area contributed by atoms with E-state index in [-0.39, 0.29) is 36.0 Å². The molecule has 0 radical (unpaired) electrons. The molecule has 1 aromatic heterocycles. The predicted molar refractivity (Wildman–Crippen MR) is 123 cm³/mol. The second kappa shape index (κ2) is 9.89. The van der Waals surface area contributed by atoms with E-state index in [0.29, 0.717) is 16.5 Å². The molecule has 1 aromatic carbocycles. The third kappa shape index (κ3) is 4.80. The molecule has 2 atom stereocenters. The summed E-state index contributed by atoms with van der Waals surface area (Å²) in [4.78, 5) is 49.4. The van der Waals surface area contributed by atoms with Gasteiger partial charge in [0.1, 0.15) is 29.4 Å². The van der Waals surface area contributed by atoms with Crippen molar-refractivity contribution >= 4 is 47.3 Å². The summed E-state index contributed by atoms with van der Waals surface area (Å²) in [6.07, 6.45) is -0.141. The molecular weight excluding hydrogens is 482 g/mol. The average molecular weight is 504 g/mol. The number of thioether (sulfide) groups is 2. The average Bonchev–Trinajstić information content (AvgIpc) is 3.14. The van der Waals surface area contributed by atoms with Gasteiger partial charge in [0, 0.05) is 18.6 Å². The SMILES string of the molecule is Cn1c(CC(=O)O)nnc1SCC1=C(C(=O)O)N2C(=O)C(NC(=O)Cc3ccccc3)[C@H]2SC1. The van der Waals surface area contributed by atoms with Gasteiger partial charge in [-0.1, -0.05) is 42.1 Å². The molecule has 1 saturated heterocycles. The summed E-state index contributed by atoms with van der Waals surface area (Å²) in [5.74, 6) is -2.10. The van der Waals surface area contributed by atoms with Crippen LogP contribution in [0.1, 0.15) is 11.4 Å². The molecule has 0 aliphatic carbocycles. The Bertz CT molecular complexity index is 1180. The van der Waals surface area contributed by atoms with Gasteiger partial charge < -0.3 is 20.1 Å². The van der Waals surface area contributed by atoms with E-state index in [0.717, 1.165) is 5.56 Å². The normalized spacial score (nSPS) is 19.4. The van der Waals surface area contributed by atoms with Crippen molar-refractivity contribution in [3.63, 3.8) is 0 Å². The number of carboxylic acids is 2. The molecule has 178 valence electrons. The number of nitrogens with one attached hydrogen (secondary N) is 1. The number of amides is 2. The lowest BCUT2D eigenvalue weighted by atomic mass is 10.0. The van der Waals surface area contributed by atoms with Crippen LogP contribution in [0.5, 0.6) is 0 Å². The highest BCUT2D eigenvalue weighted by Crippen LogP contribution is 2.41. The standard InChI is InChI=1S/C21H21N5O6S2/c1-25-13(8-15(28)29)23-24-21(25)34-10-12-9-33-19-16(18(30)26(19)17(12)20(31)32)22-14(27)7-11-5-3-2-4-6-11/h2-6,16,19H,7-10H2,1H3,(H,22,27)(H,28,29)(H,31,32)/t16?,19-/m1/s1. The molecule has 1 fully saturated rings. The van der Waals surface area contributed by atoms with Crippen LogP contribution in [0.15, 0.2) is 46.8 Å². The van der Waals surface area contributed by atoms with Crippen molar-refractivity contribution in [1.29, 1.82) is 0 Å². The fraction of sp³-hybridized carbons (Fsp3) is 0.333. The zero-order valence-electron chi connectivity index (χ0n) is 18.0.